The topological polar surface area (TPSA) is 23.5 Å². The van der Waals surface area contributed by atoms with Crippen molar-refractivity contribution in [1.29, 1.82) is 0 Å². The van der Waals surface area contributed by atoms with Crippen molar-refractivity contribution < 1.29 is 5.11 Å². The number of hydrogen-bond donors (Lipinski definition) is 1. The number of hydrogen-bond acceptors (Lipinski definition) is 2. The molecule has 2 heteroatoms. The van der Waals surface area contributed by atoms with Gasteiger partial charge in [-0.25, -0.2) is 0 Å². The van der Waals surface area contributed by atoms with Gasteiger partial charge in [-0.1, -0.05) is 6.07 Å². The second-order valence-electron chi connectivity index (χ2n) is 5.25. The van der Waals surface area contributed by atoms with E-state index in [1.54, 1.807) is 0 Å². The predicted octanol–water partition coefficient (Wildman–Crippen LogP) is 2.82. The maximum Gasteiger partial charge on any atom is 0.0658 e. The molecule has 0 bridgehead atoms. The number of aryl methyl sites for hydroxylation is 3. The molecule has 0 aromatic heterocycles. The molecule has 0 aliphatic rings. The summed E-state index contributed by atoms with van der Waals surface area (Å²) < 4.78 is 0. The molecule has 0 aliphatic carbocycles. The molecule has 0 atom stereocenters. The fourth-order valence-electron chi connectivity index (χ4n) is 1.74. The van der Waals surface area contributed by atoms with E-state index in [1.165, 1.54) is 22.4 Å². The molecule has 0 heterocycles. The lowest BCUT2D eigenvalue weighted by Crippen LogP contribution is -2.44. The lowest BCUT2D eigenvalue weighted by atomic mass is 9.99. The molecule has 0 unspecified atom stereocenters. The van der Waals surface area contributed by atoms with Gasteiger partial charge in [0.15, 0.2) is 0 Å². The van der Waals surface area contributed by atoms with E-state index in [2.05, 4.69) is 37.8 Å². The fourth-order valence-corrected chi connectivity index (χ4v) is 1.74. The predicted molar refractivity (Wildman–Crippen MR) is 70.2 cm³/mol. The summed E-state index contributed by atoms with van der Waals surface area (Å²) >= 11 is 0. The lowest BCUT2D eigenvalue weighted by Gasteiger charge is -2.37. The summed E-state index contributed by atoms with van der Waals surface area (Å²) in [6, 6.07) is 4.40. The Morgan fingerprint density at radius 2 is 1.56 bits per heavy atom. The van der Waals surface area contributed by atoms with Gasteiger partial charge in [-0.15, -0.1) is 0 Å². The summed E-state index contributed by atoms with van der Waals surface area (Å²) in [5.41, 5.74) is 4.83. The third-order valence-corrected chi connectivity index (χ3v) is 3.47. The van der Waals surface area contributed by atoms with E-state index >= 15 is 0 Å². The SMILES string of the molecule is Cc1cc(C)c(N(C)C(C)(C)CO)cc1C. The highest BCUT2D eigenvalue weighted by atomic mass is 16.3. The molecule has 90 valence electrons. The number of aliphatic hydroxyl groups is 1. The van der Waals surface area contributed by atoms with E-state index in [4.69, 9.17) is 0 Å². The van der Waals surface area contributed by atoms with E-state index in [0.717, 1.165) is 0 Å². The van der Waals surface area contributed by atoms with Crippen molar-refractivity contribution in [1.82, 2.24) is 0 Å². The van der Waals surface area contributed by atoms with Gasteiger partial charge in [-0.3, -0.25) is 0 Å². The molecule has 1 aromatic rings. The summed E-state index contributed by atoms with van der Waals surface area (Å²) in [6.45, 7) is 10.6. The van der Waals surface area contributed by atoms with Crippen LogP contribution in [-0.4, -0.2) is 24.3 Å². The molecule has 0 saturated carbocycles. The first kappa shape index (κ1) is 13.0. The zero-order valence-electron chi connectivity index (χ0n) is 11.3. The molecule has 0 spiro atoms. The van der Waals surface area contributed by atoms with Crippen LogP contribution in [-0.2, 0) is 0 Å². The molecule has 0 radical (unpaired) electrons. The Morgan fingerprint density at radius 3 is 2.06 bits per heavy atom. The number of rotatable bonds is 3. The summed E-state index contributed by atoms with van der Waals surface area (Å²) in [4.78, 5) is 2.15. The Kier molecular flexibility index (Phi) is 3.64. The Labute approximate surface area is 98.9 Å². The molecule has 1 aromatic carbocycles. The highest BCUT2D eigenvalue weighted by molar-refractivity contribution is 5.57. The van der Waals surface area contributed by atoms with Gasteiger partial charge in [-0.05, 0) is 57.4 Å². The van der Waals surface area contributed by atoms with E-state index < -0.39 is 0 Å². The van der Waals surface area contributed by atoms with Crippen molar-refractivity contribution in [2.75, 3.05) is 18.6 Å². The first-order chi connectivity index (χ1) is 7.29. The van der Waals surface area contributed by atoms with Gasteiger partial charge in [0, 0.05) is 12.7 Å². The molecule has 0 aliphatic heterocycles. The van der Waals surface area contributed by atoms with Crippen molar-refractivity contribution in [3.8, 4) is 0 Å². The third kappa shape index (κ3) is 2.38. The lowest BCUT2D eigenvalue weighted by molar-refractivity contribution is 0.216. The first-order valence-corrected chi connectivity index (χ1v) is 5.72. The number of anilines is 1. The van der Waals surface area contributed by atoms with Gasteiger partial charge < -0.3 is 10.0 Å². The maximum atomic E-state index is 9.40. The average molecular weight is 221 g/mol. The van der Waals surface area contributed by atoms with E-state index in [1.807, 2.05) is 20.9 Å². The number of benzene rings is 1. The van der Waals surface area contributed by atoms with Crippen LogP contribution in [0.5, 0.6) is 0 Å². The third-order valence-electron chi connectivity index (χ3n) is 3.47. The van der Waals surface area contributed by atoms with E-state index in [-0.39, 0.29) is 12.1 Å². The van der Waals surface area contributed by atoms with E-state index in [9.17, 15) is 5.11 Å². The van der Waals surface area contributed by atoms with Crippen LogP contribution in [0.1, 0.15) is 30.5 Å². The van der Waals surface area contributed by atoms with Crippen LogP contribution in [0.3, 0.4) is 0 Å². The summed E-state index contributed by atoms with van der Waals surface area (Å²) in [6.07, 6.45) is 0. The number of aliphatic hydroxyl groups excluding tert-OH is 1. The second-order valence-corrected chi connectivity index (χ2v) is 5.25. The standard InChI is InChI=1S/C14H23NO/c1-10-7-12(3)13(8-11(10)2)15(6)14(4,5)9-16/h7-8,16H,9H2,1-6H3. The molecule has 1 rings (SSSR count). The van der Waals surface area contributed by atoms with Crippen molar-refractivity contribution in [2.24, 2.45) is 0 Å². The monoisotopic (exact) mass is 221 g/mol. The van der Waals surface area contributed by atoms with Crippen LogP contribution in [0, 0.1) is 20.8 Å². The zero-order valence-corrected chi connectivity index (χ0v) is 11.3. The Morgan fingerprint density at radius 1 is 1.06 bits per heavy atom. The van der Waals surface area contributed by atoms with Crippen LogP contribution in [0.15, 0.2) is 12.1 Å². The van der Waals surface area contributed by atoms with Crippen LogP contribution < -0.4 is 4.90 Å². The van der Waals surface area contributed by atoms with Gasteiger partial charge in [0.1, 0.15) is 0 Å². The quantitative estimate of drug-likeness (QED) is 0.848. The van der Waals surface area contributed by atoms with Gasteiger partial charge in [-0.2, -0.15) is 0 Å². The molecule has 2 nitrogen and oxygen atoms in total. The van der Waals surface area contributed by atoms with Crippen LogP contribution >= 0.6 is 0 Å². The Bertz CT molecular complexity index is 383. The van der Waals surface area contributed by atoms with Crippen LogP contribution in [0.25, 0.3) is 0 Å². The number of nitrogens with zero attached hydrogens (tertiary/aromatic N) is 1. The first-order valence-electron chi connectivity index (χ1n) is 5.72. The fraction of sp³-hybridized carbons (Fsp3) is 0.571. The summed E-state index contributed by atoms with van der Waals surface area (Å²) in [5.74, 6) is 0. The highest BCUT2D eigenvalue weighted by Crippen LogP contribution is 2.28. The Hall–Kier alpha value is -1.02. The van der Waals surface area contributed by atoms with Gasteiger partial charge >= 0.3 is 0 Å². The molecular formula is C14H23NO. The van der Waals surface area contributed by atoms with Crippen molar-refractivity contribution in [3.63, 3.8) is 0 Å². The molecule has 1 N–H and O–H groups in total. The minimum Gasteiger partial charge on any atom is -0.394 e. The minimum absolute atomic E-state index is 0.149. The van der Waals surface area contributed by atoms with Gasteiger partial charge in [0.05, 0.1) is 12.1 Å². The van der Waals surface area contributed by atoms with Crippen molar-refractivity contribution >= 4 is 5.69 Å². The summed E-state index contributed by atoms with van der Waals surface area (Å²) in [7, 11) is 2.04. The molecule has 0 amide bonds. The molecule has 0 fully saturated rings. The maximum absolute atomic E-state index is 9.40. The van der Waals surface area contributed by atoms with Gasteiger partial charge in [0.2, 0.25) is 0 Å². The smallest absolute Gasteiger partial charge is 0.0658 e. The van der Waals surface area contributed by atoms with Gasteiger partial charge in [0.25, 0.3) is 0 Å². The molecule has 16 heavy (non-hydrogen) atoms. The highest BCUT2D eigenvalue weighted by Gasteiger charge is 2.23. The average Bonchev–Trinajstić information content (AvgIpc) is 2.22. The van der Waals surface area contributed by atoms with Crippen molar-refractivity contribution in [2.45, 2.75) is 40.2 Å². The van der Waals surface area contributed by atoms with Crippen LogP contribution in [0.4, 0.5) is 5.69 Å². The second kappa shape index (κ2) is 4.46. The van der Waals surface area contributed by atoms with Crippen molar-refractivity contribution in [3.05, 3.63) is 28.8 Å². The summed E-state index contributed by atoms with van der Waals surface area (Å²) in [5, 5.41) is 9.40. The van der Waals surface area contributed by atoms with E-state index in [0.29, 0.717) is 0 Å². The normalized spacial score (nSPS) is 11.7. The minimum atomic E-state index is -0.230. The zero-order chi connectivity index (χ0) is 12.5. The van der Waals surface area contributed by atoms with Crippen LogP contribution in [0.2, 0.25) is 0 Å². The number of likely N-dealkylation sites (N-methyl/N-ethyl adjacent to an activating group) is 1. The molecule has 0 saturated heterocycles. The molecular weight excluding hydrogens is 198 g/mol. The largest absolute Gasteiger partial charge is 0.394 e. The Balaban J connectivity index is 3.19.